The van der Waals surface area contributed by atoms with Crippen molar-refractivity contribution in [2.24, 2.45) is 0 Å². The Labute approximate surface area is 134 Å². The molecule has 4 nitrogen and oxygen atoms in total. The molecule has 2 aromatic rings. The number of hydrogen-bond acceptors (Lipinski definition) is 4. The zero-order valence-corrected chi connectivity index (χ0v) is 13.7. The highest BCUT2D eigenvalue weighted by molar-refractivity contribution is 7.98. The van der Waals surface area contributed by atoms with Gasteiger partial charge in [-0.1, -0.05) is 18.2 Å². The molecule has 0 heterocycles. The topological polar surface area (TPSA) is 47.6 Å². The van der Waals surface area contributed by atoms with Crippen molar-refractivity contribution in [2.45, 2.75) is 11.3 Å². The molecular formula is C17H19NO3S. The number of carbonyl (C=O) groups excluding carboxylic acids is 1. The van der Waals surface area contributed by atoms with E-state index in [1.54, 1.807) is 32.0 Å². The molecule has 0 aliphatic heterocycles. The van der Waals surface area contributed by atoms with E-state index in [0.29, 0.717) is 11.5 Å². The van der Waals surface area contributed by atoms with Gasteiger partial charge in [0.15, 0.2) is 11.5 Å². The zero-order chi connectivity index (χ0) is 15.9. The fraction of sp³-hybridized carbons (Fsp3) is 0.235. The van der Waals surface area contributed by atoms with Crippen LogP contribution in [0.4, 0.5) is 5.69 Å². The van der Waals surface area contributed by atoms with Crippen LogP contribution in [-0.2, 0) is 11.2 Å². The Morgan fingerprint density at radius 3 is 2.50 bits per heavy atom. The molecule has 22 heavy (non-hydrogen) atoms. The van der Waals surface area contributed by atoms with Gasteiger partial charge in [0.1, 0.15) is 0 Å². The summed E-state index contributed by atoms with van der Waals surface area (Å²) in [5.74, 6) is 1.21. The molecule has 0 saturated carbocycles. The van der Waals surface area contributed by atoms with E-state index >= 15 is 0 Å². The summed E-state index contributed by atoms with van der Waals surface area (Å²) in [6, 6.07) is 13.2. The van der Waals surface area contributed by atoms with Gasteiger partial charge < -0.3 is 14.8 Å². The highest BCUT2D eigenvalue weighted by Gasteiger charge is 2.10. The number of ether oxygens (including phenoxy) is 2. The lowest BCUT2D eigenvalue weighted by Gasteiger charge is -2.11. The number of methoxy groups -OCH3 is 2. The number of rotatable bonds is 6. The molecule has 0 aliphatic carbocycles. The quantitative estimate of drug-likeness (QED) is 0.827. The SMILES string of the molecule is COc1ccc(CC(=O)Nc2ccccc2SC)cc1OC. The van der Waals surface area contributed by atoms with Gasteiger partial charge in [-0.05, 0) is 36.1 Å². The van der Waals surface area contributed by atoms with Crippen molar-refractivity contribution in [3.05, 3.63) is 48.0 Å². The third kappa shape index (κ3) is 3.95. The lowest BCUT2D eigenvalue weighted by Crippen LogP contribution is -2.15. The second-order valence-electron chi connectivity index (χ2n) is 4.61. The first kappa shape index (κ1) is 16.2. The molecule has 0 fully saturated rings. The maximum absolute atomic E-state index is 12.2. The Balaban J connectivity index is 2.09. The molecule has 2 rings (SSSR count). The van der Waals surface area contributed by atoms with Gasteiger partial charge >= 0.3 is 0 Å². The van der Waals surface area contributed by atoms with Gasteiger partial charge in [0.05, 0.1) is 26.3 Å². The van der Waals surface area contributed by atoms with Crippen molar-refractivity contribution >= 4 is 23.4 Å². The van der Waals surface area contributed by atoms with Gasteiger partial charge in [-0.25, -0.2) is 0 Å². The Hall–Kier alpha value is -2.14. The molecule has 1 amide bonds. The number of benzene rings is 2. The second kappa shape index (κ2) is 7.75. The first-order valence-electron chi connectivity index (χ1n) is 6.81. The molecule has 0 aromatic heterocycles. The number of anilines is 1. The molecule has 0 saturated heterocycles. The lowest BCUT2D eigenvalue weighted by atomic mass is 10.1. The summed E-state index contributed by atoms with van der Waals surface area (Å²) in [7, 11) is 3.17. The molecular weight excluding hydrogens is 298 g/mol. The van der Waals surface area contributed by atoms with Crippen molar-refractivity contribution < 1.29 is 14.3 Å². The molecule has 116 valence electrons. The average Bonchev–Trinajstić information content (AvgIpc) is 2.55. The molecule has 0 aliphatic rings. The minimum Gasteiger partial charge on any atom is -0.493 e. The first-order chi connectivity index (χ1) is 10.7. The Morgan fingerprint density at radius 1 is 1.09 bits per heavy atom. The number of carbonyl (C=O) groups is 1. The van der Waals surface area contributed by atoms with Gasteiger partial charge in [0, 0.05) is 4.90 Å². The largest absolute Gasteiger partial charge is 0.493 e. The summed E-state index contributed by atoms with van der Waals surface area (Å²) < 4.78 is 10.4. The van der Waals surface area contributed by atoms with Crippen LogP contribution >= 0.6 is 11.8 Å². The van der Waals surface area contributed by atoms with Gasteiger partial charge in [0.2, 0.25) is 5.91 Å². The van der Waals surface area contributed by atoms with Crippen LogP contribution in [0.2, 0.25) is 0 Å². The van der Waals surface area contributed by atoms with Crippen LogP contribution in [0.15, 0.2) is 47.4 Å². The summed E-state index contributed by atoms with van der Waals surface area (Å²) in [5, 5.41) is 2.94. The number of amides is 1. The summed E-state index contributed by atoms with van der Waals surface area (Å²) in [4.78, 5) is 13.3. The molecule has 0 unspecified atom stereocenters. The molecule has 2 aromatic carbocycles. The van der Waals surface area contributed by atoms with Crippen LogP contribution in [0.1, 0.15) is 5.56 Å². The molecule has 0 atom stereocenters. The highest BCUT2D eigenvalue weighted by Crippen LogP contribution is 2.28. The number of para-hydroxylation sites is 1. The number of thioether (sulfide) groups is 1. The van der Waals surface area contributed by atoms with E-state index in [0.717, 1.165) is 16.1 Å². The summed E-state index contributed by atoms with van der Waals surface area (Å²) in [6.45, 7) is 0. The van der Waals surface area contributed by atoms with Crippen LogP contribution < -0.4 is 14.8 Å². The molecule has 1 N–H and O–H groups in total. The van der Waals surface area contributed by atoms with Gasteiger partial charge in [-0.3, -0.25) is 4.79 Å². The summed E-state index contributed by atoms with van der Waals surface area (Å²) in [6.07, 6.45) is 2.27. The van der Waals surface area contributed by atoms with E-state index in [2.05, 4.69) is 5.32 Å². The van der Waals surface area contributed by atoms with Crippen LogP contribution in [-0.4, -0.2) is 26.4 Å². The first-order valence-corrected chi connectivity index (χ1v) is 8.04. The van der Waals surface area contributed by atoms with Crippen molar-refractivity contribution in [3.8, 4) is 11.5 Å². The predicted molar refractivity (Wildman–Crippen MR) is 90.1 cm³/mol. The standard InChI is InChI=1S/C17H19NO3S/c1-20-14-9-8-12(10-15(14)21-2)11-17(19)18-13-6-4-5-7-16(13)22-3/h4-10H,11H2,1-3H3,(H,18,19). The van der Waals surface area contributed by atoms with Crippen LogP contribution in [0.25, 0.3) is 0 Å². The number of nitrogens with one attached hydrogen (secondary N) is 1. The Bertz CT molecular complexity index is 658. The fourth-order valence-corrected chi connectivity index (χ4v) is 2.67. The van der Waals surface area contributed by atoms with Crippen LogP contribution in [0.3, 0.4) is 0 Å². The molecule has 0 bridgehead atoms. The highest BCUT2D eigenvalue weighted by atomic mass is 32.2. The van der Waals surface area contributed by atoms with Crippen molar-refractivity contribution in [1.82, 2.24) is 0 Å². The van der Waals surface area contributed by atoms with Crippen LogP contribution in [0, 0.1) is 0 Å². The lowest BCUT2D eigenvalue weighted by molar-refractivity contribution is -0.115. The van der Waals surface area contributed by atoms with Crippen molar-refractivity contribution in [1.29, 1.82) is 0 Å². The smallest absolute Gasteiger partial charge is 0.228 e. The fourth-order valence-electron chi connectivity index (χ4n) is 2.12. The Morgan fingerprint density at radius 2 is 1.82 bits per heavy atom. The second-order valence-corrected chi connectivity index (χ2v) is 5.46. The third-order valence-electron chi connectivity index (χ3n) is 3.19. The van der Waals surface area contributed by atoms with E-state index in [1.807, 2.05) is 42.7 Å². The van der Waals surface area contributed by atoms with E-state index < -0.39 is 0 Å². The van der Waals surface area contributed by atoms with E-state index in [4.69, 9.17) is 9.47 Å². The Kier molecular flexibility index (Phi) is 5.72. The van der Waals surface area contributed by atoms with E-state index in [9.17, 15) is 4.79 Å². The molecule has 0 radical (unpaired) electrons. The van der Waals surface area contributed by atoms with Gasteiger partial charge in [-0.15, -0.1) is 11.8 Å². The minimum absolute atomic E-state index is 0.0614. The summed E-state index contributed by atoms with van der Waals surface area (Å²) in [5.41, 5.74) is 1.71. The number of hydrogen-bond donors (Lipinski definition) is 1. The normalized spacial score (nSPS) is 10.1. The van der Waals surface area contributed by atoms with Crippen LogP contribution in [0.5, 0.6) is 11.5 Å². The predicted octanol–water partition coefficient (Wildman–Crippen LogP) is 3.61. The zero-order valence-electron chi connectivity index (χ0n) is 12.9. The van der Waals surface area contributed by atoms with E-state index in [1.165, 1.54) is 0 Å². The third-order valence-corrected chi connectivity index (χ3v) is 3.99. The molecule has 0 spiro atoms. The van der Waals surface area contributed by atoms with Crippen molar-refractivity contribution in [3.63, 3.8) is 0 Å². The van der Waals surface area contributed by atoms with Gasteiger partial charge in [0.25, 0.3) is 0 Å². The maximum atomic E-state index is 12.2. The molecule has 5 heteroatoms. The maximum Gasteiger partial charge on any atom is 0.228 e. The van der Waals surface area contributed by atoms with Crippen molar-refractivity contribution in [2.75, 3.05) is 25.8 Å². The van der Waals surface area contributed by atoms with Gasteiger partial charge in [-0.2, -0.15) is 0 Å². The minimum atomic E-state index is -0.0614. The monoisotopic (exact) mass is 317 g/mol. The van der Waals surface area contributed by atoms with E-state index in [-0.39, 0.29) is 12.3 Å². The average molecular weight is 317 g/mol. The summed E-state index contributed by atoms with van der Waals surface area (Å²) >= 11 is 1.60.